The van der Waals surface area contributed by atoms with Crippen LogP contribution in [0.25, 0.3) is 0 Å². The topological polar surface area (TPSA) is 46.2 Å². The van der Waals surface area contributed by atoms with Gasteiger partial charge in [0, 0.05) is 12.5 Å². The standard InChI is InChI=1S/C14H20FNO/c1-9(10-2-3-10)14(17)13(8-16)11-4-6-12(15)7-5-11/h4-7,9-10,13-14,17H,2-3,8,16H2,1H3. The summed E-state index contributed by atoms with van der Waals surface area (Å²) in [5.41, 5.74) is 6.67. The van der Waals surface area contributed by atoms with Crippen molar-refractivity contribution in [3.8, 4) is 0 Å². The molecule has 2 nitrogen and oxygen atoms in total. The Morgan fingerprint density at radius 1 is 1.35 bits per heavy atom. The summed E-state index contributed by atoms with van der Waals surface area (Å²) in [6.45, 7) is 2.47. The zero-order valence-corrected chi connectivity index (χ0v) is 10.1. The predicted molar refractivity (Wildman–Crippen MR) is 66.1 cm³/mol. The quantitative estimate of drug-likeness (QED) is 0.825. The van der Waals surface area contributed by atoms with E-state index in [2.05, 4.69) is 6.92 Å². The molecule has 0 spiro atoms. The lowest BCUT2D eigenvalue weighted by atomic mass is 9.84. The van der Waals surface area contributed by atoms with Gasteiger partial charge in [-0.05, 0) is 42.4 Å². The Morgan fingerprint density at radius 3 is 2.41 bits per heavy atom. The third-order valence-electron chi connectivity index (χ3n) is 3.87. The zero-order valence-electron chi connectivity index (χ0n) is 10.1. The van der Waals surface area contributed by atoms with E-state index >= 15 is 0 Å². The van der Waals surface area contributed by atoms with Gasteiger partial charge in [0.15, 0.2) is 0 Å². The molecule has 0 amide bonds. The molecule has 0 aliphatic heterocycles. The van der Waals surface area contributed by atoms with Gasteiger partial charge in [-0.25, -0.2) is 4.39 Å². The lowest BCUT2D eigenvalue weighted by Gasteiger charge is -2.27. The number of nitrogens with two attached hydrogens (primary N) is 1. The first-order valence-corrected chi connectivity index (χ1v) is 6.27. The molecule has 1 aromatic rings. The van der Waals surface area contributed by atoms with Gasteiger partial charge < -0.3 is 10.8 Å². The molecule has 94 valence electrons. The van der Waals surface area contributed by atoms with E-state index in [4.69, 9.17) is 5.73 Å². The smallest absolute Gasteiger partial charge is 0.123 e. The van der Waals surface area contributed by atoms with Crippen LogP contribution in [0.15, 0.2) is 24.3 Å². The van der Waals surface area contributed by atoms with Gasteiger partial charge in [-0.2, -0.15) is 0 Å². The molecule has 3 unspecified atom stereocenters. The van der Waals surface area contributed by atoms with Crippen molar-refractivity contribution in [2.24, 2.45) is 17.6 Å². The molecular formula is C14H20FNO. The van der Waals surface area contributed by atoms with Crippen LogP contribution in [-0.2, 0) is 0 Å². The third-order valence-corrected chi connectivity index (χ3v) is 3.87. The molecule has 3 N–H and O–H groups in total. The third kappa shape index (κ3) is 2.85. The van der Waals surface area contributed by atoms with Crippen molar-refractivity contribution < 1.29 is 9.50 Å². The number of benzene rings is 1. The Morgan fingerprint density at radius 2 is 1.94 bits per heavy atom. The first-order valence-electron chi connectivity index (χ1n) is 6.27. The second-order valence-electron chi connectivity index (χ2n) is 5.08. The number of aliphatic hydroxyl groups excluding tert-OH is 1. The van der Waals surface area contributed by atoms with Crippen molar-refractivity contribution in [2.45, 2.75) is 31.8 Å². The number of aliphatic hydroxyl groups is 1. The highest BCUT2D eigenvalue weighted by molar-refractivity contribution is 5.22. The van der Waals surface area contributed by atoms with Crippen LogP contribution in [0.2, 0.25) is 0 Å². The molecule has 1 aliphatic rings. The average Bonchev–Trinajstić information content (AvgIpc) is 3.15. The van der Waals surface area contributed by atoms with E-state index in [-0.39, 0.29) is 17.7 Å². The Labute approximate surface area is 102 Å². The molecular weight excluding hydrogens is 217 g/mol. The Bertz CT molecular complexity index is 361. The molecule has 3 atom stereocenters. The van der Waals surface area contributed by atoms with Crippen molar-refractivity contribution in [1.82, 2.24) is 0 Å². The number of hydrogen-bond acceptors (Lipinski definition) is 2. The largest absolute Gasteiger partial charge is 0.392 e. The summed E-state index contributed by atoms with van der Waals surface area (Å²) in [6.07, 6.45) is 1.98. The monoisotopic (exact) mass is 237 g/mol. The van der Waals surface area contributed by atoms with E-state index in [1.54, 1.807) is 12.1 Å². The SMILES string of the molecule is CC(C1CC1)C(O)C(CN)c1ccc(F)cc1. The molecule has 0 saturated heterocycles. The predicted octanol–water partition coefficient (Wildman–Crippen LogP) is 2.28. The maximum atomic E-state index is 12.9. The molecule has 0 aromatic heterocycles. The second-order valence-corrected chi connectivity index (χ2v) is 5.08. The van der Waals surface area contributed by atoms with Crippen molar-refractivity contribution in [1.29, 1.82) is 0 Å². The summed E-state index contributed by atoms with van der Waals surface area (Å²) in [7, 11) is 0. The van der Waals surface area contributed by atoms with Crippen LogP contribution in [0.3, 0.4) is 0 Å². The van der Waals surface area contributed by atoms with Crippen LogP contribution in [0.1, 0.15) is 31.2 Å². The highest BCUT2D eigenvalue weighted by Gasteiger charge is 2.36. The molecule has 1 fully saturated rings. The highest BCUT2D eigenvalue weighted by Crippen LogP contribution is 2.41. The molecule has 1 aliphatic carbocycles. The summed E-state index contributed by atoms with van der Waals surface area (Å²) in [5.74, 6) is 0.563. The minimum Gasteiger partial charge on any atom is -0.392 e. The van der Waals surface area contributed by atoms with Crippen molar-refractivity contribution >= 4 is 0 Å². The summed E-state index contributed by atoms with van der Waals surface area (Å²) >= 11 is 0. The van der Waals surface area contributed by atoms with Crippen LogP contribution in [0.5, 0.6) is 0 Å². The molecule has 2 rings (SSSR count). The van der Waals surface area contributed by atoms with Crippen molar-refractivity contribution in [2.75, 3.05) is 6.54 Å². The van der Waals surface area contributed by atoms with Gasteiger partial charge in [-0.3, -0.25) is 0 Å². The van der Waals surface area contributed by atoms with Gasteiger partial charge in [0.1, 0.15) is 5.82 Å². The molecule has 0 heterocycles. The van der Waals surface area contributed by atoms with Gasteiger partial charge in [-0.1, -0.05) is 19.1 Å². The van der Waals surface area contributed by atoms with Crippen LogP contribution >= 0.6 is 0 Å². The van der Waals surface area contributed by atoms with Crippen molar-refractivity contribution in [3.05, 3.63) is 35.6 Å². The number of halogens is 1. The Kier molecular flexibility index (Phi) is 3.79. The van der Waals surface area contributed by atoms with E-state index in [1.807, 2.05) is 0 Å². The van der Waals surface area contributed by atoms with Gasteiger partial charge in [0.25, 0.3) is 0 Å². The van der Waals surface area contributed by atoms with Gasteiger partial charge in [-0.15, -0.1) is 0 Å². The van der Waals surface area contributed by atoms with E-state index in [9.17, 15) is 9.50 Å². The van der Waals surface area contributed by atoms with Crippen LogP contribution < -0.4 is 5.73 Å². The normalized spacial score (nSPS) is 20.9. The average molecular weight is 237 g/mol. The highest BCUT2D eigenvalue weighted by atomic mass is 19.1. The summed E-state index contributed by atoms with van der Waals surface area (Å²) < 4.78 is 12.9. The molecule has 17 heavy (non-hydrogen) atoms. The Balaban J connectivity index is 2.11. The zero-order chi connectivity index (χ0) is 12.4. The minimum absolute atomic E-state index is 0.0915. The summed E-state index contributed by atoms with van der Waals surface area (Å²) in [4.78, 5) is 0. The van der Waals surface area contributed by atoms with E-state index < -0.39 is 6.10 Å². The molecule has 3 heteroatoms. The van der Waals surface area contributed by atoms with Crippen LogP contribution in [0.4, 0.5) is 4.39 Å². The van der Waals surface area contributed by atoms with Gasteiger partial charge in [0.2, 0.25) is 0 Å². The van der Waals surface area contributed by atoms with Gasteiger partial charge >= 0.3 is 0 Å². The maximum Gasteiger partial charge on any atom is 0.123 e. The van der Waals surface area contributed by atoms with Crippen LogP contribution in [0, 0.1) is 17.7 Å². The molecule has 1 saturated carbocycles. The van der Waals surface area contributed by atoms with Crippen molar-refractivity contribution in [3.63, 3.8) is 0 Å². The number of hydrogen-bond donors (Lipinski definition) is 2. The van der Waals surface area contributed by atoms with Crippen LogP contribution in [-0.4, -0.2) is 17.8 Å². The lowest BCUT2D eigenvalue weighted by molar-refractivity contribution is 0.0801. The summed E-state index contributed by atoms with van der Waals surface area (Å²) in [6, 6.07) is 6.28. The first-order chi connectivity index (χ1) is 8.13. The fourth-order valence-corrected chi connectivity index (χ4v) is 2.45. The molecule has 0 bridgehead atoms. The summed E-state index contributed by atoms with van der Waals surface area (Å²) in [5, 5.41) is 10.3. The second kappa shape index (κ2) is 5.15. The minimum atomic E-state index is -0.432. The fraction of sp³-hybridized carbons (Fsp3) is 0.571. The van der Waals surface area contributed by atoms with E-state index in [0.717, 1.165) is 5.56 Å². The molecule has 0 radical (unpaired) electrons. The maximum absolute atomic E-state index is 12.9. The Hall–Kier alpha value is -0.930. The van der Waals surface area contributed by atoms with Gasteiger partial charge in [0.05, 0.1) is 6.10 Å². The fourth-order valence-electron chi connectivity index (χ4n) is 2.45. The lowest BCUT2D eigenvalue weighted by Crippen LogP contribution is -2.32. The first kappa shape index (κ1) is 12.5. The van der Waals surface area contributed by atoms with E-state index in [1.165, 1.54) is 25.0 Å². The van der Waals surface area contributed by atoms with E-state index in [0.29, 0.717) is 12.5 Å². The number of rotatable bonds is 5. The molecule has 1 aromatic carbocycles.